The Morgan fingerprint density at radius 2 is 1.77 bits per heavy atom. The van der Waals surface area contributed by atoms with E-state index in [1.807, 2.05) is 20.8 Å². The molecule has 1 fully saturated rings. The third-order valence-electron chi connectivity index (χ3n) is 9.85. The summed E-state index contributed by atoms with van der Waals surface area (Å²) in [5.74, 6) is -5.50. The molecule has 4 aromatic rings. The Morgan fingerprint density at radius 3 is 2.40 bits per heavy atom. The van der Waals surface area contributed by atoms with Crippen LogP contribution in [-0.2, 0) is 26.9 Å². The van der Waals surface area contributed by atoms with Gasteiger partial charge in [-0.05, 0) is 78.4 Å². The molecular weight excluding hydrogens is 706 g/mol. The van der Waals surface area contributed by atoms with E-state index in [1.165, 1.54) is 33.7 Å². The molecule has 2 aromatic carbocycles. The van der Waals surface area contributed by atoms with E-state index in [2.05, 4.69) is 10.1 Å². The van der Waals surface area contributed by atoms with Gasteiger partial charge in [0.2, 0.25) is 0 Å². The zero-order chi connectivity index (χ0) is 38.0. The average molecular weight is 744 g/mol. The van der Waals surface area contributed by atoms with Crippen molar-refractivity contribution in [3.05, 3.63) is 87.2 Å². The number of hydrogen-bond acceptors (Lipinski definition) is 8. The van der Waals surface area contributed by atoms with Gasteiger partial charge in [-0.25, -0.2) is 32.2 Å². The molecule has 276 valence electrons. The van der Waals surface area contributed by atoms with Crippen molar-refractivity contribution in [1.82, 2.24) is 24.2 Å². The van der Waals surface area contributed by atoms with Crippen molar-refractivity contribution in [1.29, 1.82) is 0 Å². The number of benzene rings is 2. The van der Waals surface area contributed by atoms with Crippen LogP contribution in [0, 0.1) is 10.8 Å². The largest absolute Gasteiger partial charge is 0.463 e. The third-order valence-corrected chi connectivity index (χ3v) is 10.2. The number of hydrogen-bond donors (Lipinski definition) is 1. The maximum atomic E-state index is 15.0. The lowest BCUT2D eigenvalue weighted by Gasteiger charge is -2.35. The fourth-order valence-corrected chi connectivity index (χ4v) is 7.14. The Kier molecular flexibility index (Phi) is 9.25. The average Bonchev–Trinajstić information content (AvgIpc) is 3.60. The minimum Gasteiger partial charge on any atom is -0.463 e. The van der Waals surface area contributed by atoms with Gasteiger partial charge in [0.15, 0.2) is 17.3 Å². The number of nitrogens with zero attached hydrogens (tertiary/aromatic N) is 6. The van der Waals surface area contributed by atoms with Crippen molar-refractivity contribution < 1.29 is 31.9 Å². The Balaban J connectivity index is 1.45. The molecule has 2 aromatic heterocycles. The van der Waals surface area contributed by atoms with E-state index in [-0.39, 0.29) is 47.1 Å². The number of esters is 1. The lowest BCUT2D eigenvalue weighted by Crippen LogP contribution is -2.47. The molecule has 0 radical (unpaired) electrons. The standard InChI is InChI=1S/C36H38ClF4N7O4/c1-33(2,3)18-36(22-8-10-24-20(14-22)7-11-27(49)46(24)5)31(51)47(32(42)45-36)26(17-52-28(50)16-35(12-13-35)34(4,40)41)21-6-9-23(37)25(15-21)48-30(29(38)39)43-19-44-48/h6-11,14-15,19,26,29H,12-13,16-18H2,1-5H3,(H2,42,45)/t26-,36-/m1/s1. The molecule has 0 bridgehead atoms. The number of halogens is 5. The summed E-state index contributed by atoms with van der Waals surface area (Å²) in [6.07, 6.45) is -2.12. The number of aliphatic imine (C=N–C) groups is 1. The molecule has 2 atom stereocenters. The molecule has 0 spiro atoms. The van der Waals surface area contributed by atoms with Crippen LogP contribution in [0.5, 0.6) is 0 Å². The van der Waals surface area contributed by atoms with Crippen molar-refractivity contribution in [3.63, 3.8) is 0 Å². The maximum Gasteiger partial charge on any atom is 0.306 e. The number of aromatic nitrogens is 4. The fourth-order valence-electron chi connectivity index (χ4n) is 6.94. The molecule has 52 heavy (non-hydrogen) atoms. The van der Waals surface area contributed by atoms with E-state index in [4.69, 9.17) is 27.1 Å². The van der Waals surface area contributed by atoms with E-state index in [0.29, 0.717) is 16.5 Å². The van der Waals surface area contributed by atoms with Crippen LogP contribution in [0.25, 0.3) is 16.6 Å². The summed E-state index contributed by atoms with van der Waals surface area (Å²) in [5.41, 5.74) is 4.17. The zero-order valence-electron chi connectivity index (χ0n) is 29.2. The van der Waals surface area contributed by atoms with Gasteiger partial charge in [-0.3, -0.25) is 19.3 Å². The number of amides is 1. The number of alkyl halides is 4. The normalized spacial score (nSPS) is 19.3. The van der Waals surface area contributed by atoms with Crippen LogP contribution in [0.2, 0.25) is 5.02 Å². The number of nitrogens with two attached hydrogens (primary N) is 1. The highest BCUT2D eigenvalue weighted by Gasteiger charge is 2.60. The first kappa shape index (κ1) is 37.0. The van der Waals surface area contributed by atoms with E-state index in [0.717, 1.165) is 17.9 Å². The first-order valence-electron chi connectivity index (χ1n) is 16.6. The van der Waals surface area contributed by atoms with Gasteiger partial charge in [-0.2, -0.15) is 5.10 Å². The predicted octanol–water partition coefficient (Wildman–Crippen LogP) is 6.61. The molecule has 2 aliphatic rings. The summed E-state index contributed by atoms with van der Waals surface area (Å²) in [6, 6.07) is 11.4. The van der Waals surface area contributed by atoms with Crippen molar-refractivity contribution in [2.75, 3.05) is 6.61 Å². The van der Waals surface area contributed by atoms with Gasteiger partial charge < -0.3 is 15.0 Å². The van der Waals surface area contributed by atoms with Crippen molar-refractivity contribution >= 4 is 40.3 Å². The smallest absolute Gasteiger partial charge is 0.306 e. The van der Waals surface area contributed by atoms with Crippen LogP contribution in [0.1, 0.15) is 82.8 Å². The Labute approximate surface area is 301 Å². The Hall–Kier alpha value is -4.79. The van der Waals surface area contributed by atoms with Crippen molar-refractivity contribution in [2.45, 2.75) is 77.3 Å². The van der Waals surface area contributed by atoms with Gasteiger partial charge >= 0.3 is 5.97 Å². The summed E-state index contributed by atoms with van der Waals surface area (Å²) in [4.78, 5) is 50.1. The van der Waals surface area contributed by atoms with E-state index in [1.54, 1.807) is 31.3 Å². The molecule has 16 heteroatoms. The van der Waals surface area contributed by atoms with E-state index in [9.17, 15) is 27.2 Å². The van der Waals surface area contributed by atoms with Crippen molar-refractivity contribution in [3.8, 4) is 5.69 Å². The first-order valence-corrected chi connectivity index (χ1v) is 17.0. The van der Waals surface area contributed by atoms with E-state index >= 15 is 4.79 Å². The number of fused-ring (bicyclic) bond motifs is 1. The monoisotopic (exact) mass is 743 g/mol. The zero-order valence-corrected chi connectivity index (χ0v) is 29.9. The minimum atomic E-state index is -3.11. The quantitative estimate of drug-likeness (QED) is 0.135. The SMILES string of the molecule is Cn1c(=O)ccc2cc([C@@]3(CC(C)(C)C)N=C(N)N([C@H](COC(=O)CC4(C(C)(F)F)CC4)c4ccc(Cl)c(-n5ncnc5C(F)F)c4)C3=O)ccc21. The van der Waals surface area contributed by atoms with Crippen LogP contribution in [0.3, 0.4) is 0 Å². The maximum absolute atomic E-state index is 15.0. The third kappa shape index (κ3) is 6.66. The molecule has 1 aliphatic heterocycles. The van der Waals surface area contributed by atoms with Gasteiger partial charge in [0.05, 0.1) is 28.7 Å². The molecule has 3 heterocycles. The van der Waals surface area contributed by atoms with E-state index < -0.39 is 65.5 Å². The Bertz CT molecular complexity index is 2150. The second kappa shape index (κ2) is 13.0. The number of carbonyl (C=O) groups excluding carboxylic acids is 2. The second-order valence-corrected chi connectivity index (χ2v) is 15.2. The fraction of sp³-hybridized carbons (Fsp3) is 0.444. The van der Waals surface area contributed by atoms with Crippen LogP contribution in [0.4, 0.5) is 17.6 Å². The number of pyridine rings is 1. The van der Waals surface area contributed by atoms with Gasteiger partial charge in [0.25, 0.3) is 23.8 Å². The molecular formula is C36H38ClF4N7O4. The second-order valence-electron chi connectivity index (χ2n) is 14.8. The summed E-state index contributed by atoms with van der Waals surface area (Å²) >= 11 is 6.46. The first-order chi connectivity index (χ1) is 24.3. The lowest BCUT2D eigenvalue weighted by molar-refractivity contribution is -0.153. The van der Waals surface area contributed by atoms with Gasteiger partial charge in [-0.1, -0.05) is 44.5 Å². The van der Waals surface area contributed by atoms with Crippen LogP contribution >= 0.6 is 11.6 Å². The molecule has 1 saturated carbocycles. The number of ether oxygens (including phenoxy) is 1. The summed E-state index contributed by atoms with van der Waals surface area (Å²) in [7, 11) is 1.64. The van der Waals surface area contributed by atoms with Crippen molar-refractivity contribution in [2.24, 2.45) is 28.6 Å². The molecule has 0 saturated heterocycles. The summed E-state index contributed by atoms with van der Waals surface area (Å²) in [6.45, 7) is 6.02. The van der Waals surface area contributed by atoms with Crippen LogP contribution in [0.15, 0.2) is 64.6 Å². The minimum absolute atomic E-state index is 0.00546. The predicted molar refractivity (Wildman–Crippen MR) is 185 cm³/mol. The van der Waals surface area contributed by atoms with Crippen LogP contribution < -0.4 is 11.3 Å². The van der Waals surface area contributed by atoms with Crippen LogP contribution in [-0.4, -0.2) is 54.6 Å². The number of carbonyl (C=O) groups is 2. The highest BCUT2D eigenvalue weighted by atomic mass is 35.5. The highest BCUT2D eigenvalue weighted by Crippen LogP contribution is 2.59. The molecule has 11 nitrogen and oxygen atoms in total. The topological polar surface area (TPSA) is 138 Å². The summed E-state index contributed by atoms with van der Waals surface area (Å²) in [5, 5.41) is 4.61. The highest BCUT2D eigenvalue weighted by molar-refractivity contribution is 6.32. The number of guanidine groups is 1. The number of aryl methyl sites for hydroxylation is 1. The number of rotatable bonds is 11. The molecule has 2 N–H and O–H groups in total. The molecule has 6 rings (SSSR count). The molecule has 0 unspecified atom stereocenters. The molecule has 1 aliphatic carbocycles. The van der Waals surface area contributed by atoms with Gasteiger partial charge in [-0.15, -0.1) is 0 Å². The lowest BCUT2D eigenvalue weighted by atomic mass is 9.75. The summed E-state index contributed by atoms with van der Waals surface area (Å²) < 4.78 is 64.4. The van der Waals surface area contributed by atoms with Gasteiger partial charge in [0, 0.05) is 18.5 Å². The Morgan fingerprint density at radius 1 is 1.06 bits per heavy atom. The van der Waals surface area contributed by atoms with Gasteiger partial charge in [0.1, 0.15) is 12.9 Å². The molecule has 1 amide bonds.